The van der Waals surface area contributed by atoms with Gasteiger partial charge in [0.25, 0.3) is 5.69 Å². The highest BCUT2D eigenvalue weighted by atomic mass is 16.6. The van der Waals surface area contributed by atoms with E-state index >= 15 is 0 Å². The van der Waals surface area contributed by atoms with Gasteiger partial charge < -0.3 is 5.32 Å². The molecular weight excluding hydrogens is 268 g/mol. The molecular formula is C15H14N4O2. The summed E-state index contributed by atoms with van der Waals surface area (Å²) in [7, 11) is 0. The average molecular weight is 282 g/mol. The van der Waals surface area contributed by atoms with Gasteiger partial charge in [0.2, 0.25) is 0 Å². The number of benzene rings is 1. The summed E-state index contributed by atoms with van der Waals surface area (Å²) in [5, 5.41) is 18.2. The van der Waals surface area contributed by atoms with Gasteiger partial charge in [-0.2, -0.15) is 5.10 Å². The molecule has 3 aromatic rings. The normalized spacial score (nSPS) is 10.9. The van der Waals surface area contributed by atoms with Crippen molar-refractivity contribution in [1.29, 1.82) is 0 Å². The lowest BCUT2D eigenvalue weighted by Gasteiger charge is -2.04. The highest BCUT2D eigenvalue weighted by Gasteiger charge is 2.05. The molecule has 1 N–H and O–H groups in total. The summed E-state index contributed by atoms with van der Waals surface area (Å²) in [6.07, 6.45) is 3.76. The van der Waals surface area contributed by atoms with Crippen molar-refractivity contribution >= 4 is 11.2 Å². The molecule has 0 radical (unpaired) electrons. The molecule has 0 spiro atoms. The molecule has 0 unspecified atom stereocenters. The first-order valence-corrected chi connectivity index (χ1v) is 6.59. The predicted octanol–water partition coefficient (Wildman–Crippen LogP) is 2.53. The van der Waals surface area contributed by atoms with Crippen molar-refractivity contribution in [2.24, 2.45) is 0 Å². The topological polar surface area (TPSA) is 72.5 Å². The zero-order valence-corrected chi connectivity index (χ0v) is 11.3. The third kappa shape index (κ3) is 2.90. The van der Waals surface area contributed by atoms with Crippen LogP contribution in [-0.4, -0.2) is 14.5 Å². The summed E-state index contributed by atoms with van der Waals surface area (Å²) >= 11 is 0. The van der Waals surface area contributed by atoms with E-state index in [0.29, 0.717) is 13.1 Å². The van der Waals surface area contributed by atoms with Gasteiger partial charge in [0.1, 0.15) is 0 Å². The molecule has 2 aromatic heterocycles. The molecule has 0 saturated heterocycles. The number of aromatic nitrogens is 2. The molecule has 6 nitrogen and oxygen atoms in total. The van der Waals surface area contributed by atoms with Gasteiger partial charge in [-0.1, -0.05) is 18.2 Å². The molecule has 0 bridgehead atoms. The van der Waals surface area contributed by atoms with Crippen LogP contribution in [0.3, 0.4) is 0 Å². The van der Waals surface area contributed by atoms with Crippen LogP contribution < -0.4 is 5.32 Å². The van der Waals surface area contributed by atoms with Crippen molar-refractivity contribution in [3.8, 4) is 0 Å². The number of rotatable bonds is 5. The third-order valence-corrected chi connectivity index (χ3v) is 3.30. The number of non-ortho nitro benzene ring substituents is 1. The molecule has 0 aliphatic carbocycles. The Bertz CT molecular complexity index is 765. The SMILES string of the molecule is O=[N+]([O-])c1ccc(CNCc2cnn3ccccc23)cc1. The Morgan fingerprint density at radius 2 is 1.95 bits per heavy atom. The monoisotopic (exact) mass is 282 g/mol. The highest BCUT2D eigenvalue weighted by molar-refractivity contribution is 5.53. The Morgan fingerprint density at radius 1 is 1.14 bits per heavy atom. The number of nitro benzene ring substituents is 1. The number of hydrogen-bond acceptors (Lipinski definition) is 4. The summed E-state index contributed by atoms with van der Waals surface area (Å²) in [4.78, 5) is 10.2. The summed E-state index contributed by atoms with van der Waals surface area (Å²) in [6.45, 7) is 1.35. The van der Waals surface area contributed by atoms with E-state index in [1.54, 1.807) is 12.1 Å². The second kappa shape index (κ2) is 5.72. The lowest BCUT2D eigenvalue weighted by molar-refractivity contribution is -0.384. The molecule has 1 aromatic carbocycles. The highest BCUT2D eigenvalue weighted by Crippen LogP contribution is 2.13. The molecule has 0 saturated carbocycles. The maximum atomic E-state index is 10.6. The van der Waals surface area contributed by atoms with Crippen LogP contribution in [0.2, 0.25) is 0 Å². The maximum absolute atomic E-state index is 10.6. The van der Waals surface area contributed by atoms with E-state index in [9.17, 15) is 10.1 Å². The van der Waals surface area contributed by atoms with E-state index in [0.717, 1.165) is 16.6 Å². The minimum Gasteiger partial charge on any atom is -0.308 e. The summed E-state index contributed by atoms with van der Waals surface area (Å²) in [5.74, 6) is 0. The van der Waals surface area contributed by atoms with Crippen molar-refractivity contribution in [2.45, 2.75) is 13.1 Å². The predicted molar refractivity (Wildman–Crippen MR) is 78.8 cm³/mol. The van der Waals surface area contributed by atoms with Gasteiger partial charge in [-0.25, -0.2) is 4.52 Å². The first kappa shape index (κ1) is 13.3. The van der Waals surface area contributed by atoms with E-state index in [1.165, 1.54) is 12.1 Å². The van der Waals surface area contributed by atoms with Crippen LogP contribution in [0.1, 0.15) is 11.1 Å². The molecule has 3 rings (SSSR count). The number of hydrogen-bond donors (Lipinski definition) is 1. The van der Waals surface area contributed by atoms with Crippen LogP contribution in [0.25, 0.3) is 5.52 Å². The van der Waals surface area contributed by atoms with E-state index in [1.807, 2.05) is 35.1 Å². The number of nitrogens with one attached hydrogen (secondary N) is 1. The average Bonchev–Trinajstić information content (AvgIpc) is 2.91. The minimum absolute atomic E-state index is 0.112. The maximum Gasteiger partial charge on any atom is 0.269 e. The number of nitro groups is 1. The van der Waals surface area contributed by atoms with E-state index in [2.05, 4.69) is 10.4 Å². The molecule has 21 heavy (non-hydrogen) atoms. The van der Waals surface area contributed by atoms with Crippen LogP contribution in [0.5, 0.6) is 0 Å². The zero-order chi connectivity index (χ0) is 14.7. The number of pyridine rings is 1. The fourth-order valence-corrected chi connectivity index (χ4v) is 2.20. The molecule has 2 heterocycles. The van der Waals surface area contributed by atoms with Gasteiger partial charge in [-0.05, 0) is 17.7 Å². The Balaban J connectivity index is 1.62. The van der Waals surface area contributed by atoms with Crippen molar-refractivity contribution in [2.75, 3.05) is 0 Å². The third-order valence-electron chi connectivity index (χ3n) is 3.30. The Labute approximate surface area is 121 Å². The summed E-state index contributed by atoms with van der Waals surface area (Å²) in [5.41, 5.74) is 3.32. The van der Waals surface area contributed by atoms with Gasteiger partial charge in [-0.3, -0.25) is 10.1 Å². The molecule has 106 valence electrons. The minimum atomic E-state index is -0.393. The second-order valence-electron chi connectivity index (χ2n) is 4.73. The molecule has 0 aliphatic heterocycles. The van der Waals surface area contributed by atoms with Gasteiger partial charge in [-0.15, -0.1) is 0 Å². The standard InChI is InChI=1S/C15H14N4O2/c20-19(21)14-6-4-12(5-7-14)9-16-10-13-11-17-18-8-2-1-3-15(13)18/h1-8,11,16H,9-10H2. The quantitative estimate of drug-likeness (QED) is 0.576. The Kier molecular flexibility index (Phi) is 3.61. The number of nitrogens with zero attached hydrogens (tertiary/aromatic N) is 3. The van der Waals surface area contributed by atoms with Crippen molar-refractivity contribution in [1.82, 2.24) is 14.9 Å². The molecule has 0 amide bonds. The second-order valence-corrected chi connectivity index (χ2v) is 4.73. The lowest BCUT2D eigenvalue weighted by atomic mass is 10.2. The molecule has 0 atom stereocenters. The first-order chi connectivity index (χ1) is 10.2. The van der Waals surface area contributed by atoms with Gasteiger partial charge in [0.15, 0.2) is 0 Å². The van der Waals surface area contributed by atoms with Crippen LogP contribution in [0, 0.1) is 10.1 Å². The summed E-state index contributed by atoms with van der Waals surface area (Å²) in [6, 6.07) is 12.5. The van der Waals surface area contributed by atoms with Crippen molar-refractivity contribution < 1.29 is 4.92 Å². The van der Waals surface area contributed by atoms with E-state index < -0.39 is 4.92 Å². The van der Waals surface area contributed by atoms with Crippen molar-refractivity contribution in [3.05, 3.63) is 76.1 Å². The van der Waals surface area contributed by atoms with E-state index in [4.69, 9.17) is 0 Å². The van der Waals surface area contributed by atoms with E-state index in [-0.39, 0.29) is 5.69 Å². The summed E-state index contributed by atoms with van der Waals surface area (Å²) < 4.78 is 1.84. The van der Waals surface area contributed by atoms with Gasteiger partial charge in [0, 0.05) is 37.0 Å². The fraction of sp³-hybridized carbons (Fsp3) is 0.133. The fourth-order valence-electron chi connectivity index (χ4n) is 2.20. The van der Waals surface area contributed by atoms with Crippen LogP contribution in [-0.2, 0) is 13.1 Å². The smallest absolute Gasteiger partial charge is 0.269 e. The van der Waals surface area contributed by atoms with Crippen LogP contribution in [0.15, 0.2) is 54.9 Å². The van der Waals surface area contributed by atoms with Gasteiger partial charge in [0.05, 0.1) is 16.6 Å². The molecule has 6 heteroatoms. The lowest BCUT2D eigenvalue weighted by Crippen LogP contribution is -2.12. The Morgan fingerprint density at radius 3 is 2.71 bits per heavy atom. The number of fused-ring (bicyclic) bond motifs is 1. The molecule has 0 fully saturated rings. The largest absolute Gasteiger partial charge is 0.308 e. The first-order valence-electron chi connectivity index (χ1n) is 6.59. The van der Waals surface area contributed by atoms with Crippen LogP contribution in [0.4, 0.5) is 5.69 Å². The zero-order valence-electron chi connectivity index (χ0n) is 11.3. The van der Waals surface area contributed by atoms with Crippen molar-refractivity contribution in [3.63, 3.8) is 0 Å². The molecule has 0 aliphatic rings. The van der Waals surface area contributed by atoms with Gasteiger partial charge >= 0.3 is 0 Å². The Hall–Kier alpha value is -2.73. The van der Waals surface area contributed by atoms with Crippen LogP contribution >= 0.6 is 0 Å².